The van der Waals surface area contributed by atoms with Gasteiger partial charge in [-0.05, 0) is 48.4 Å². The molecule has 0 aliphatic rings. The standard InChI is InChI=1S/C21H27NO2S/c1-4-25-15-19-9-11-20(12-10-19)21(23)22-13-17-5-7-18(8-6-17)14-24-16(2)3/h5-12,16H,4,13-15H2,1-3H3,(H,22,23). The van der Waals surface area contributed by atoms with E-state index in [1.807, 2.05) is 74.1 Å². The summed E-state index contributed by atoms with van der Waals surface area (Å²) in [5, 5.41) is 2.97. The van der Waals surface area contributed by atoms with Crippen LogP contribution >= 0.6 is 11.8 Å². The first kappa shape index (κ1) is 19.5. The smallest absolute Gasteiger partial charge is 0.251 e. The van der Waals surface area contributed by atoms with Crippen molar-refractivity contribution < 1.29 is 9.53 Å². The Balaban J connectivity index is 1.82. The van der Waals surface area contributed by atoms with E-state index in [1.165, 1.54) is 5.56 Å². The third kappa shape index (κ3) is 6.92. The van der Waals surface area contributed by atoms with Gasteiger partial charge in [0.1, 0.15) is 0 Å². The van der Waals surface area contributed by atoms with Gasteiger partial charge in [-0.3, -0.25) is 4.79 Å². The Morgan fingerprint density at radius 2 is 1.60 bits per heavy atom. The summed E-state index contributed by atoms with van der Waals surface area (Å²) in [6.45, 7) is 7.35. The van der Waals surface area contributed by atoms with Gasteiger partial charge in [0.2, 0.25) is 0 Å². The fraction of sp³-hybridized carbons (Fsp3) is 0.381. The summed E-state index contributed by atoms with van der Waals surface area (Å²) in [4.78, 5) is 12.3. The van der Waals surface area contributed by atoms with Gasteiger partial charge in [-0.25, -0.2) is 0 Å². The zero-order valence-corrected chi connectivity index (χ0v) is 16.1. The lowest BCUT2D eigenvalue weighted by Crippen LogP contribution is -2.22. The second-order valence-corrected chi connectivity index (χ2v) is 7.47. The second-order valence-electron chi connectivity index (χ2n) is 6.19. The SMILES string of the molecule is CCSCc1ccc(C(=O)NCc2ccc(COC(C)C)cc2)cc1. The maximum atomic E-state index is 12.3. The summed E-state index contributed by atoms with van der Waals surface area (Å²) in [5.74, 6) is 2.05. The monoisotopic (exact) mass is 357 g/mol. The molecule has 25 heavy (non-hydrogen) atoms. The predicted octanol–water partition coefficient (Wildman–Crippen LogP) is 4.79. The molecule has 3 nitrogen and oxygen atoms in total. The molecule has 0 aromatic heterocycles. The molecular formula is C21H27NO2S. The van der Waals surface area contributed by atoms with E-state index in [9.17, 15) is 4.79 Å². The van der Waals surface area contributed by atoms with Crippen LogP contribution in [0.2, 0.25) is 0 Å². The van der Waals surface area contributed by atoms with Gasteiger partial charge < -0.3 is 10.1 Å². The Kier molecular flexibility index (Phi) is 8.02. The fourth-order valence-electron chi connectivity index (χ4n) is 2.27. The maximum absolute atomic E-state index is 12.3. The number of nitrogens with one attached hydrogen (secondary N) is 1. The van der Waals surface area contributed by atoms with E-state index in [0.717, 1.165) is 22.6 Å². The number of benzene rings is 2. The molecule has 0 fully saturated rings. The van der Waals surface area contributed by atoms with E-state index in [1.54, 1.807) is 0 Å². The van der Waals surface area contributed by atoms with Crippen molar-refractivity contribution in [3.05, 3.63) is 70.8 Å². The van der Waals surface area contributed by atoms with Gasteiger partial charge in [-0.15, -0.1) is 0 Å². The molecule has 0 aliphatic carbocycles. The van der Waals surface area contributed by atoms with E-state index in [2.05, 4.69) is 12.2 Å². The Hall–Kier alpha value is -1.78. The van der Waals surface area contributed by atoms with Gasteiger partial charge in [0.05, 0.1) is 12.7 Å². The molecule has 2 rings (SSSR count). The van der Waals surface area contributed by atoms with Crippen LogP contribution in [0.1, 0.15) is 47.8 Å². The number of carbonyl (C=O) groups excluding carboxylic acids is 1. The molecule has 1 amide bonds. The summed E-state index contributed by atoms with van der Waals surface area (Å²) in [5.41, 5.74) is 4.18. The van der Waals surface area contributed by atoms with Crippen molar-refractivity contribution in [2.45, 2.75) is 45.8 Å². The number of carbonyl (C=O) groups is 1. The van der Waals surface area contributed by atoms with Gasteiger partial charge in [0.15, 0.2) is 0 Å². The summed E-state index contributed by atoms with van der Waals surface area (Å²) in [7, 11) is 0. The van der Waals surface area contributed by atoms with Crippen molar-refractivity contribution in [3.8, 4) is 0 Å². The zero-order chi connectivity index (χ0) is 18.1. The molecule has 134 valence electrons. The highest BCUT2D eigenvalue weighted by molar-refractivity contribution is 7.98. The molecule has 1 N–H and O–H groups in total. The minimum absolute atomic E-state index is 0.0399. The third-order valence-corrected chi connectivity index (χ3v) is 4.69. The highest BCUT2D eigenvalue weighted by Crippen LogP contribution is 2.13. The number of hydrogen-bond donors (Lipinski definition) is 1. The molecule has 0 unspecified atom stereocenters. The molecule has 0 heterocycles. The van der Waals surface area contributed by atoms with E-state index in [4.69, 9.17) is 4.74 Å². The van der Waals surface area contributed by atoms with E-state index in [0.29, 0.717) is 18.7 Å². The van der Waals surface area contributed by atoms with Crippen molar-refractivity contribution in [2.24, 2.45) is 0 Å². The Morgan fingerprint density at radius 1 is 1.00 bits per heavy atom. The van der Waals surface area contributed by atoms with Gasteiger partial charge in [-0.1, -0.05) is 43.3 Å². The summed E-state index contributed by atoms with van der Waals surface area (Å²) in [6.07, 6.45) is 0.228. The largest absolute Gasteiger partial charge is 0.374 e. The number of amides is 1. The molecule has 2 aromatic rings. The first-order valence-electron chi connectivity index (χ1n) is 8.72. The zero-order valence-electron chi connectivity index (χ0n) is 15.2. The minimum atomic E-state index is -0.0399. The molecule has 0 saturated carbocycles. The van der Waals surface area contributed by atoms with E-state index in [-0.39, 0.29) is 12.0 Å². The van der Waals surface area contributed by atoms with Crippen LogP contribution in [-0.2, 0) is 23.6 Å². The molecule has 0 spiro atoms. The predicted molar refractivity (Wildman–Crippen MR) is 106 cm³/mol. The molecule has 0 saturated heterocycles. The van der Waals surface area contributed by atoms with Gasteiger partial charge in [0.25, 0.3) is 5.91 Å². The first-order chi connectivity index (χ1) is 12.1. The number of rotatable bonds is 9. The fourth-order valence-corrected chi connectivity index (χ4v) is 2.91. The normalized spacial score (nSPS) is 10.9. The van der Waals surface area contributed by atoms with Crippen LogP contribution in [0.5, 0.6) is 0 Å². The number of thioether (sulfide) groups is 1. The van der Waals surface area contributed by atoms with Crippen molar-refractivity contribution in [3.63, 3.8) is 0 Å². The van der Waals surface area contributed by atoms with Crippen molar-refractivity contribution in [1.82, 2.24) is 5.32 Å². The summed E-state index contributed by atoms with van der Waals surface area (Å²) >= 11 is 1.88. The molecule has 0 aliphatic heterocycles. The third-order valence-electron chi connectivity index (χ3n) is 3.75. The molecular weight excluding hydrogens is 330 g/mol. The average Bonchev–Trinajstić information content (AvgIpc) is 2.64. The lowest BCUT2D eigenvalue weighted by molar-refractivity contribution is 0.0657. The van der Waals surface area contributed by atoms with E-state index >= 15 is 0 Å². The number of hydrogen-bond acceptors (Lipinski definition) is 3. The molecule has 4 heteroatoms. The summed E-state index contributed by atoms with van der Waals surface area (Å²) < 4.78 is 5.59. The van der Waals surface area contributed by atoms with Crippen LogP contribution in [0.25, 0.3) is 0 Å². The van der Waals surface area contributed by atoms with Crippen LogP contribution in [-0.4, -0.2) is 17.8 Å². The second kappa shape index (κ2) is 10.3. The highest BCUT2D eigenvalue weighted by atomic mass is 32.2. The van der Waals surface area contributed by atoms with Crippen molar-refractivity contribution in [1.29, 1.82) is 0 Å². The van der Waals surface area contributed by atoms with Crippen molar-refractivity contribution in [2.75, 3.05) is 5.75 Å². The average molecular weight is 358 g/mol. The lowest BCUT2D eigenvalue weighted by atomic mass is 10.1. The maximum Gasteiger partial charge on any atom is 0.251 e. The Morgan fingerprint density at radius 3 is 2.20 bits per heavy atom. The Bertz CT molecular complexity index is 651. The van der Waals surface area contributed by atoms with Crippen LogP contribution in [0, 0.1) is 0 Å². The van der Waals surface area contributed by atoms with Crippen LogP contribution < -0.4 is 5.32 Å². The molecule has 0 radical (unpaired) electrons. The molecule has 2 aromatic carbocycles. The van der Waals surface area contributed by atoms with Crippen molar-refractivity contribution >= 4 is 17.7 Å². The molecule has 0 atom stereocenters. The van der Waals surface area contributed by atoms with Crippen LogP contribution in [0.4, 0.5) is 0 Å². The van der Waals surface area contributed by atoms with Crippen LogP contribution in [0.15, 0.2) is 48.5 Å². The van der Waals surface area contributed by atoms with Crippen LogP contribution in [0.3, 0.4) is 0 Å². The summed E-state index contributed by atoms with van der Waals surface area (Å²) in [6, 6.07) is 16.0. The van der Waals surface area contributed by atoms with Gasteiger partial charge in [0, 0.05) is 17.9 Å². The highest BCUT2D eigenvalue weighted by Gasteiger charge is 2.05. The quantitative estimate of drug-likeness (QED) is 0.701. The Labute approximate surface area is 155 Å². The minimum Gasteiger partial charge on any atom is -0.374 e. The number of ether oxygens (including phenoxy) is 1. The van der Waals surface area contributed by atoms with Gasteiger partial charge in [-0.2, -0.15) is 11.8 Å². The van der Waals surface area contributed by atoms with Gasteiger partial charge >= 0.3 is 0 Å². The molecule has 0 bridgehead atoms. The van der Waals surface area contributed by atoms with E-state index < -0.39 is 0 Å². The lowest BCUT2D eigenvalue weighted by Gasteiger charge is -2.09. The topological polar surface area (TPSA) is 38.3 Å². The first-order valence-corrected chi connectivity index (χ1v) is 9.88.